The average Bonchev–Trinajstić information content (AvgIpc) is 3.09. The Morgan fingerprint density at radius 2 is 2.11 bits per heavy atom. The number of amides is 1. The van der Waals surface area contributed by atoms with E-state index in [0.717, 1.165) is 10.9 Å². The fourth-order valence-electron chi connectivity index (χ4n) is 2.63. The van der Waals surface area contributed by atoms with Crippen molar-refractivity contribution in [3.63, 3.8) is 0 Å². The van der Waals surface area contributed by atoms with Crippen molar-refractivity contribution in [2.75, 3.05) is 20.3 Å². The van der Waals surface area contributed by atoms with Crippen molar-refractivity contribution in [2.45, 2.75) is 12.5 Å². The molecule has 0 saturated carbocycles. The van der Waals surface area contributed by atoms with E-state index >= 15 is 0 Å². The zero-order valence-electron chi connectivity index (χ0n) is 15.1. The summed E-state index contributed by atoms with van der Waals surface area (Å²) < 4.78 is 16.1. The van der Waals surface area contributed by atoms with Gasteiger partial charge in [-0.2, -0.15) is 0 Å². The minimum Gasteiger partial charge on any atom is -0.497 e. The molecule has 0 fully saturated rings. The van der Waals surface area contributed by atoms with Crippen molar-refractivity contribution in [2.24, 2.45) is 0 Å². The molecule has 28 heavy (non-hydrogen) atoms. The lowest BCUT2D eigenvalue weighted by molar-refractivity contribution is -0.121. The highest BCUT2D eigenvalue weighted by atomic mass is 35.5. The lowest BCUT2D eigenvalue weighted by Gasteiger charge is -2.14. The van der Waals surface area contributed by atoms with Crippen molar-refractivity contribution in [3.05, 3.63) is 58.3 Å². The van der Waals surface area contributed by atoms with E-state index in [0.29, 0.717) is 22.1 Å². The van der Waals surface area contributed by atoms with E-state index in [1.54, 1.807) is 43.7 Å². The van der Waals surface area contributed by atoms with Crippen LogP contribution in [0.1, 0.15) is 5.56 Å². The summed E-state index contributed by atoms with van der Waals surface area (Å²) in [6.07, 6.45) is 0.779. The number of nitrogens with one attached hydrogen (secondary N) is 1. The van der Waals surface area contributed by atoms with Gasteiger partial charge in [0.25, 0.3) is 0 Å². The zero-order chi connectivity index (χ0) is 20.1. The van der Waals surface area contributed by atoms with Gasteiger partial charge in [-0.15, -0.1) is 0 Å². The van der Waals surface area contributed by atoms with E-state index in [4.69, 9.17) is 37.1 Å². The molecule has 0 aliphatic heterocycles. The number of rotatable bonds is 8. The summed E-state index contributed by atoms with van der Waals surface area (Å²) in [6, 6.07) is 10.4. The highest BCUT2D eigenvalue weighted by Crippen LogP contribution is 2.31. The highest BCUT2D eigenvalue weighted by Gasteiger charge is 2.14. The van der Waals surface area contributed by atoms with Gasteiger partial charge >= 0.3 is 0 Å². The topological polar surface area (TPSA) is 80.9 Å². The van der Waals surface area contributed by atoms with E-state index < -0.39 is 6.10 Å². The normalized spacial score (nSPS) is 12.0. The number of hydrogen-bond donors (Lipinski definition) is 2. The molecule has 2 aromatic carbocycles. The minimum atomic E-state index is -0.899. The number of carbonyl (C=O) groups is 1. The quantitative estimate of drug-likeness (QED) is 0.574. The maximum Gasteiger partial charge on any atom is 0.224 e. The molecule has 3 rings (SSSR count). The summed E-state index contributed by atoms with van der Waals surface area (Å²) in [5.41, 5.74) is 1.40. The predicted molar refractivity (Wildman–Crippen MR) is 107 cm³/mol. The number of hydrogen-bond acceptors (Lipinski definition) is 5. The van der Waals surface area contributed by atoms with Gasteiger partial charge < -0.3 is 24.3 Å². The third kappa shape index (κ3) is 4.90. The largest absolute Gasteiger partial charge is 0.497 e. The standard InChI is InChI=1S/C20H19Cl2NO5/c1-26-14-5-6-15-12(10-27-18(15)8-14)7-19(25)23-9-13(24)11-28-17-4-2-3-16(21)20(17)22/h2-6,8,10,13,24H,7,9,11H2,1H3,(H,23,25). The number of benzene rings is 2. The second-order valence-corrected chi connectivity index (χ2v) is 6.91. The molecule has 1 unspecified atom stereocenters. The van der Waals surface area contributed by atoms with Crippen LogP contribution in [0.25, 0.3) is 11.0 Å². The van der Waals surface area contributed by atoms with E-state index in [2.05, 4.69) is 5.32 Å². The summed E-state index contributed by atoms with van der Waals surface area (Å²) in [4.78, 5) is 12.2. The van der Waals surface area contributed by atoms with E-state index in [-0.39, 0.29) is 30.5 Å². The van der Waals surface area contributed by atoms with Gasteiger partial charge in [-0.3, -0.25) is 4.79 Å². The van der Waals surface area contributed by atoms with Gasteiger partial charge in [-0.05, 0) is 24.3 Å². The number of carbonyl (C=O) groups excluding carboxylic acids is 1. The maximum atomic E-state index is 12.2. The summed E-state index contributed by atoms with van der Waals surface area (Å²) in [7, 11) is 1.58. The lowest BCUT2D eigenvalue weighted by Crippen LogP contribution is -2.36. The summed E-state index contributed by atoms with van der Waals surface area (Å²) in [5.74, 6) is 0.818. The van der Waals surface area contributed by atoms with Gasteiger partial charge in [0.15, 0.2) is 0 Å². The molecule has 148 valence electrons. The van der Waals surface area contributed by atoms with Crippen molar-refractivity contribution in [1.82, 2.24) is 5.32 Å². The van der Waals surface area contributed by atoms with Gasteiger partial charge in [0.2, 0.25) is 5.91 Å². The first-order valence-electron chi connectivity index (χ1n) is 8.53. The van der Waals surface area contributed by atoms with E-state index in [9.17, 15) is 9.90 Å². The number of ether oxygens (including phenoxy) is 2. The Morgan fingerprint density at radius 3 is 2.89 bits per heavy atom. The second kappa shape index (κ2) is 9.19. The van der Waals surface area contributed by atoms with Crippen LogP contribution in [-0.2, 0) is 11.2 Å². The Labute approximate surface area is 171 Å². The molecule has 1 aromatic heterocycles. The number of aliphatic hydroxyl groups is 1. The Balaban J connectivity index is 1.49. The molecule has 0 radical (unpaired) electrons. The molecular formula is C20H19Cl2NO5. The van der Waals surface area contributed by atoms with Crippen LogP contribution in [0.15, 0.2) is 47.1 Å². The average molecular weight is 424 g/mol. The monoisotopic (exact) mass is 423 g/mol. The first-order valence-corrected chi connectivity index (χ1v) is 9.29. The Morgan fingerprint density at radius 1 is 1.29 bits per heavy atom. The van der Waals surface area contributed by atoms with Gasteiger partial charge in [0.1, 0.15) is 34.8 Å². The summed E-state index contributed by atoms with van der Waals surface area (Å²) in [5, 5.41) is 14.2. The Bertz CT molecular complexity index is 972. The number of furan rings is 1. The second-order valence-electron chi connectivity index (χ2n) is 6.12. The fourth-order valence-corrected chi connectivity index (χ4v) is 2.98. The molecule has 1 atom stereocenters. The van der Waals surface area contributed by atoms with Crippen LogP contribution in [0.5, 0.6) is 11.5 Å². The smallest absolute Gasteiger partial charge is 0.224 e. The molecule has 0 saturated heterocycles. The van der Waals surface area contributed by atoms with Crippen LogP contribution in [0.3, 0.4) is 0 Å². The predicted octanol–water partition coefficient (Wildman–Crippen LogP) is 3.85. The molecule has 0 aliphatic carbocycles. The first-order chi connectivity index (χ1) is 13.5. The molecule has 0 bridgehead atoms. The van der Waals surface area contributed by atoms with Crippen molar-refractivity contribution in [1.29, 1.82) is 0 Å². The summed E-state index contributed by atoms with van der Waals surface area (Å²) >= 11 is 11.9. The third-order valence-corrected chi connectivity index (χ3v) is 4.90. The lowest BCUT2D eigenvalue weighted by atomic mass is 10.1. The molecule has 0 aliphatic rings. The van der Waals surface area contributed by atoms with Crippen molar-refractivity contribution >= 4 is 40.1 Å². The number of fused-ring (bicyclic) bond motifs is 1. The van der Waals surface area contributed by atoms with E-state index in [1.165, 1.54) is 0 Å². The molecule has 3 aromatic rings. The van der Waals surface area contributed by atoms with Crippen LogP contribution in [-0.4, -0.2) is 37.4 Å². The molecule has 1 heterocycles. The summed E-state index contributed by atoms with van der Waals surface area (Å²) in [6.45, 7) is 0.00933. The molecule has 6 nitrogen and oxygen atoms in total. The van der Waals surface area contributed by atoms with Gasteiger partial charge in [-0.1, -0.05) is 29.3 Å². The molecule has 2 N–H and O–H groups in total. The number of methoxy groups -OCH3 is 1. The van der Waals surface area contributed by atoms with Gasteiger partial charge in [-0.25, -0.2) is 0 Å². The van der Waals surface area contributed by atoms with E-state index in [1.807, 2.05) is 6.07 Å². The third-order valence-electron chi connectivity index (χ3n) is 4.10. The van der Waals surface area contributed by atoms with Crippen LogP contribution < -0.4 is 14.8 Å². The van der Waals surface area contributed by atoms with Gasteiger partial charge in [0.05, 0.1) is 24.8 Å². The SMILES string of the molecule is COc1ccc2c(CC(=O)NCC(O)COc3cccc(Cl)c3Cl)coc2c1. The maximum absolute atomic E-state index is 12.2. The minimum absolute atomic E-state index is 0.0330. The van der Waals surface area contributed by atoms with Gasteiger partial charge in [0, 0.05) is 23.6 Å². The van der Waals surface area contributed by atoms with Crippen LogP contribution >= 0.6 is 23.2 Å². The number of halogens is 2. The van der Waals surface area contributed by atoms with Crippen LogP contribution in [0, 0.1) is 0 Å². The molecule has 0 spiro atoms. The van der Waals surface area contributed by atoms with Crippen LogP contribution in [0.2, 0.25) is 10.0 Å². The molecule has 1 amide bonds. The van der Waals surface area contributed by atoms with Crippen molar-refractivity contribution < 1.29 is 23.8 Å². The molecular weight excluding hydrogens is 405 g/mol. The van der Waals surface area contributed by atoms with Crippen molar-refractivity contribution in [3.8, 4) is 11.5 Å². The molecule has 8 heteroatoms. The Kier molecular flexibility index (Phi) is 6.67. The Hall–Kier alpha value is -2.41. The number of aliphatic hydroxyl groups excluding tert-OH is 1. The van der Waals surface area contributed by atoms with Crippen LogP contribution in [0.4, 0.5) is 0 Å². The fraction of sp³-hybridized carbons (Fsp3) is 0.250. The first kappa shape index (κ1) is 20.3. The zero-order valence-corrected chi connectivity index (χ0v) is 16.6. The highest BCUT2D eigenvalue weighted by molar-refractivity contribution is 6.42.